The predicted molar refractivity (Wildman–Crippen MR) is 192 cm³/mol. The number of sulfonamides is 1. The van der Waals surface area contributed by atoms with Crippen molar-refractivity contribution in [3.63, 3.8) is 0 Å². The van der Waals surface area contributed by atoms with Gasteiger partial charge in [0.15, 0.2) is 0 Å². The molecular formula is C35H38Cl2N6O5S. The summed E-state index contributed by atoms with van der Waals surface area (Å²) in [5.74, 6) is 5.11. The lowest BCUT2D eigenvalue weighted by molar-refractivity contribution is -0.124. The molecule has 0 radical (unpaired) electrons. The molecule has 1 aliphatic rings. The van der Waals surface area contributed by atoms with E-state index in [1.165, 1.54) is 22.7 Å². The zero-order valence-corrected chi connectivity index (χ0v) is 29.8. The number of ether oxygens (including phenoxy) is 1. The number of nitrogens with two attached hydrogens (primary N) is 1. The van der Waals surface area contributed by atoms with Crippen LogP contribution >= 0.6 is 23.2 Å². The molecule has 0 bridgehead atoms. The van der Waals surface area contributed by atoms with Crippen molar-refractivity contribution >= 4 is 62.2 Å². The normalized spacial score (nSPS) is 15.2. The molecule has 49 heavy (non-hydrogen) atoms. The number of aromatic nitrogens is 1. The summed E-state index contributed by atoms with van der Waals surface area (Å²) in [4.78, 5) is 32.1. The minimum absolute atomic E-state index is 0.0611. The first kappa shape index (κ1) is 36.1. The number of hydrogen-bond acceptors (Lipinski definition) is 8. The van der Waals surface area contributed by atoms with Gasteiger partial charge in [-0.3, -0.25) is 9.59 Å². The largest absolute Gasteiger partial charge is 0.487 e. The van der Waals surface area contributed by atoms with Gasteiger partial charge in [-0.25, -0.2) is 13.4 Å². The van der Waals surface area contributed by atoms with E-state index < -0.39 is 22.0 Å². The number of halogens is 2. The molecule has 1 aliphatic heterocycles. The number of carbonyl (C=O) groups is 2. The molecule has 14 heteroatoms. The van der Waals surface area contributed by atoms with Crippen LogP contribution in [0.25, 0.3) is 10.9 Å². The van der Waals surface area contributed by atoms with E-state index in [0.29, 0.717) is 48.2 Å². The molecule has 3 aromatic carbocycles. The van der Waals surface area contributed by atoms with E-state index in [-0.39, 0.29) is 40.5 Å². The molecule has 2 amide bonds. The second-order valence-corrected chi connectivity index (χ2v) is 14.5. The number of amides is 2. The van der Waals surface area contributed by atoms with Crippen molar-refractivity contribution in [2.24, 2.45) is 10.9 Å². The number of aryl methyl sites for hydroxylation is 2. The lowest BCUT2D eigenvalue weighted by Crippen LogP contribution is -2.46. The second-order valence-electron chi connectivity index (χ2n) is 11.9. The monoisotopic (exact) mass is 724 g/mol. The van der Waals surface area contributed by atoms with Crippen molar-refractivity contribution in [3.8, 4) is 5.75 Å². The minimum Gasteiger partial charge on any atom is -0.487 e. The molecule has 0 spiro atoms. The molecule has 0 unspecified atom stereocenters. The predicted octanol–water partition coefficient (Wildman–Crippen LogP) is 5.46. The molecule has 1 fully saturated rings. The summed E-state index contributed by atoms with van der Waals surface area (Å²) in [6, 6.07) is 16.4. The molecular weight excluding hydrogens is 687 g/mol. The van der Waals surface area contributed by atoms with Crippen LogP contribution in [0.5, 0.6) is 5.75 Å². The molecule has 0 saturated carbocycles. The SMILES string of the molecule is Cc1cc(C)c2cccc(OCc3c(Cl)ccc(S(=O)(=O)N4CCC[C@H]4C(=O)NCCCN(C)C(=O)c4ccc(C=NN)cc4)c3Cl)c2n1. The summed E-state index contributed by atoms with van der Waals surface area (Å²) in [5.41, 5.74) is 4.18. The van der Waals surface area contributed by atoms with E-state index in [2.05, 4.69) is 15.4 Å². The highest BCUT2D eigenvalue weighted by Gasteiger charge is 2.40. The number of fused-ring (bicyclic) bond motifs is 1. The van der Waals surface area contributed by atoms with Gasteiger partial charge < -0.3 is 20.8 Å². The lowest BCUT2D eigenvalue weighted by atomic mass is 10.1. The van der Waals surface area contributed by atoms with Gasteiger partial charge in [-0.1, -0.05) is 47.5 Å². The van der Waals surface area contributed by atoms with E-state index >= 15 is 0 Å². The van der Waals surface area contributed by atoms with Crippen LogP contribution in [0.3, 0.4) is 0 Å². The van der Waals surface area contributed by atoms with Gasteiger partial charge >= 0.3 is 0 Å². The van der Waals surface area contributed by atoms with Crippen LogP contribution in [-0.4, -0.2) is 73.4 Å². The molecule has 4 aromatic rings. The van der Waals surface area contributed by atoms with E-state index in [1.54, 1.807) is 42.3 Å². The van der Waals surface area contributed by atoms with Crippen molar-refractivity contribution < 1.29 is 22.7 Å². The smallest absolute Gasteiger partial charge is 0.253 e. The highest BCUT2D eigenvalue weighted by Crippen LogP contribution is 2.36. The van der Waals surface area contributed by atoms with Crippen LogP contribution in [0, 0.1) is 13.8 Å². The number of nitrogens with zero attached hydrogens (tertiary/aromatic N) is 4. The van der Waals surface area contributed by atoms with E-state index in [0.717, 1.165) is 22.2 Å². The maximum absolute atomic E-state index is 14.0. The average Bonchev–Trinajstić information content (AvgIpc) is 3.58. The number of nitrogens with one attached hydrogen (secondary N) is 1. The Hall–Kier alpha value is -4.23. The third-order valence-corrected chi connectivity index (χ3v) is 11.3. The number of hydrogen-bond donors (Lipinski definition) is 2. The fraction of sp³-hybridized carbons (Fsp3) is 0.314. The molecule has 1 atom stereocenters. The van der Waals surface area contributed by atoms with Crippen molar-refractivity contribution in [1.29, 1.82) is 0 Å². The maximum Gasteiger partial charge on any atom is 0.253 e. The van der Waals surface area contributed by atoms with Crippen molar-refractivity contribution in [2.45, 2.75) is 50.7 Å². The first-order chi connectivity index (χ1) is 23.4. The summed E-state index contributed by atoms with van der Waals surface area (Å²) in [7, 11) is -2.50. The summed E-state index contributed by atoms with van der Waals surface area (Å²) >= 11 is 13.2. The van der Waals surface area contributed by atoms with Crippen LogP contribution in [0.4, 0.5) is 0 Å². The minimum atomic E-state index is -4.18. The average molecular weight is 726 g/mol. The van der Waals surface area contributed by atoms with Crippen LogP contribution in [-0.2, 0) is 21.4 Å². The Kier molecular flexibility index (Phi) is 11.4. The van der Waals surface area contributed by atoms with Crippen molar-refractivity contribution in [1.82, 2.24) is 19.5 Å². The van der Waals surface area contributed by atoms with Gasteiger partial charge in [0.05, 0.1) is 11.2 Å². The standard InChI is InChI=1S/C35H38Cl2N6O5S/c1-22-19-23(2)41-33-26(22)7-4-9-30(33)48-21-27-28(36)14-15-31(32(27)37)49(46,47)43-18-5-8-29(43)34(44)39-16-6-17-42(3)35(45)25-12-10-24(11-13-25)20-40-38/h4,7,9-15,19-20,29H,5-6,8,16-18,21,38H2,1-3H3,(H,39,44)/t29-/m0/s1. The Morgan fingerprint density at radius 1 is 1.14 bits per heavy atom. The summed E-state index contributed by atoms with van der Waals surface area (Å²) < 4.78 is 35.2. The third kappa shape index (κ3) is 7.99. The van der Waals surface area contributed by atoms with Gasteiger partial charge in [0, 0.05) is 53.9 Å². The molecule has 11 nitrogen and oxygen atoms in total. The van der Waals surface area contributed by atoms with Crippen LogP contribution < -0.4 is 15.9 Å². The molecule has 0 aliphatic carbocycles. The van der Waals surface area contributed by atoms with Gasteiger partial charge in [-0.2, -0.15) is 9.41 Å². The Morgan fingerprint density at radius 3 is 2.63 bits per heavy atom. The number of para-hydroxylation sites is 1. The summed E-state index contributed by atoms with van der Waals surface area (Å²) in [6.07, 6.45) is 2.84. The fourth-order valence-corrected chi connectivity index (χ4v) is 8.43. The van der Waals surface area contributed by atoms with Crippen LogP contribution in [0.1, 0.15) is 52.0 Å². The zero-order valence-electron chi connectivity index (χ0n) is 27.4. The van der Waals surface area contributed by atoms with Crippen LogP contribution in [0.15, 0.2) is 70.7 Å². The highest BCUT2D eigenvalue weighted by molar-refractivity contribution is 7.89. The van der Waals surface area contributed by atoms with E-state index in [1.807, 2.05) is 32.0 Å². The number of rotatable bonds is 12. The summed E-state index contributed by atoms with van der Waals surface area (Å²) in [5, 5.41) is 7.44. The van der Waals surface area contributed by atoms with Gasteiger partial charge in [0.1, 0.15) is 28.8 Å². The van der Waals surface area contributed by atoms with Gasteiger partial charge in [0.2, 0.25) is 15.9 Å². The van der Waals surface area contributed by atoms with Gasteiger partial charge in [-0.05, 0) is 80.6 Å². The molecule has 1 aromatic heterocycles. The lowest BCUT2D eigenvalue weighted by Gasteiger charge is -2.25. The quantitative estimate of drug-likeness (QED) is 0.0854. The van der Waals surface area contributed by atoms with Gasteiger partial charge in [-0.15, -0.1) is 0 Å². The first-order valence-electron chi connectivity index (χ1n) is 15.8. The van der Waals surface area contributed by atoms with E-state index in [4.69, 9.17) is 33.8 Å². The Labute approximate surface area is 296 Å². The zero-order chi connectivity index (χ0) is 35.3. The van der Waals surface area contributed by atoms with Gasteiger partial charge in [0.25, 0.3) is 5.91 Å². The Balaban J connectivity index is 1.22. The molecule has 3 N–H and O–H groups in total. The fourth-order valence-electron chi connectivity index (χ4n) is 5.91. The maximum atomic E-state index is 14.0. The second kappa shape index (κ2) is 15.5. The molecule has 258 valence electrons. The number of benzene rings is 3. The number of carbonyl (C=O) groups excluding carboxylic acids is 2. The molecule has 2 heterocycles. The topological polar surface area (TPSA) is 147 Å². The third-order valence-electron chi connectivity index (χ3n) is 8.45. The highest BCUT2D eigenvalue weighted by atomic mass is 35.5. The Morgan fingerprint density at radius 2 is 1.90 bits per heavy atom. The van der Waals surface area contributed by atoms with Crippen LogP contribution in [0.2, 0.25) is 10.0 Å². The first-order valence-corrected chi connectivity index (χ1v) is 18.0. The molecule has 5 rings (SSSR count). The van der Waals surface area contributed by atoms with E-state index in [9.17, 15) is 18.0 Å². The number of hydrazone groups is 1. The van der Waals surface area contributed by atoms with Crippen molar-refractivity contribution in [3.05, 3.63) is 98.7 Å². The summed E-state index contributed by atoms with van der Waals surface area (Å²) in [6.45, 7) is 4.62. The number of pyridine rings is 1. The Bertz CT molecular complexity index is 2010. The molecule has 1 saturated heterocycles. The van der Waals surface area contributed by atoms with Crippen molar-refractivity contribution in [2.75, 3.05) is 26.7 Å².